The van der Waals surface area contributed by atoms with E-state index in [1.165, 1.54) is 4.31 Å². The molecule has 0 amide bonds. The van der Waals surface area contributed by atoms with Crippen molar-refractivity contribution < 1.29 is 17.9 Å². The first-order valence-electron chi connectivity index (χ1n) is 9.28. The van der Waals surface area contributed by atoms with Gasteiger partial charge >= 0.3 is 0 Å². The molecule has 5 nitrogen and oxygen atoms in total. The predicted octanol–water partition coefficient (Wildman–Crippen LogP) is 4.18. The number of carbonyl (C=O) groups excluding carboxylic acids is 1. The molecule has 0 saturated carbocycles. The Morgan fingerprint density at radius 3 is 2.24 bits per heavy atom. The Hall–Kier alpha value is -3.12. The summed E-state index contributed by atoms with van der Waals surface area (Å²) in [6.45, 7) is 1.96. The molecule has 0 radical (unpaired) electrons. The van der Waals surface area contributed by atoms with Gasteiger partial charge in [0.25, 0.3) is 10.0 Å². The number of hydrogen-bond acceptors (Lipinski definition) is 4. The van der Waals surface area contributed by atoms with E-state index in [2.05, 4.69) is 0 Å². The molecule has 148 valence electrons. The number of ether oxygens (including phenoxy) is 1. The van der Waals surface area contributed by atoms with Crippen molar-refractivity contribution in [3.63, 3.8) is 0 Å². The number of para-hydroxylation sites is 1. The standard InChI is InChI=1S/C23H21NO4S/c1-16-7-13-19(14-8-16)29(26,27)24-15-21(17-9-11-18(28-2)12-10-17)23(25)20-5-3-4-6-22(20)24/h3-14,21H,15H2,1-2H3. The van der Waals surface area contributed by atoms with Crippen molar-refractivity contribution >= 4 is 21.5 Å². The first-order chi connectivity index (χ1) is 13.9. The third-order valence-corrected chi connectivity index (χ3v) is 7.02. The fourth-order valence-corrected chi connectivity index (χ4v) is 5.09. The van der Waals surface area contributed by atoms with E-state index in [-0.39, 0.29) is 17.2 Å². The van der Waals surface area contributed by atoms with E-state index >= 15 is 0 Å². The quantitative estimate of drug-likeness (QED) is 0.651. The first kappa shape index (κ1) is 19.2. The van der Waals surface area contributed by atoms with Crippen LogP contribution in [0.25, 0.3) is 0 Å². The van der Waals surface area contributed by atoms with Crippen LogP contribution in [0.15, 0.2) is 77.7 Å². The van der Waals surface area contributed by atoms with Gasteiger partial charge in [0.2, 0.25) is 0 Å². The fraction of sp³-hybridized carbons (Fsp3) is 0.174. The highest BCUT2D eigenvalue weighted by Gasteiger charge is 2.38. The number of aryl methyl sites for hydroxylation is 1. The smallest absolute Gasteiger partial charge is 0.264 e. The van der Waals surface area contributed by atoms with E-state index in [4.69, 9.17) is 4.74 Å². The lowest BCUT2D eigenvalue weighted by Gasteiger charge is -2.34. The molecular weight excluding hydrogens is 386 g/mol. The number of methoxy groups -OCH3 is 1. The van der Waals surface area contributed by atoms with E-state index in [1.54, 1.807) is 67.8 Å². The molecule has 3 aromatic carbocycles. The maximum absolute atomic E-state index is 13.4. The molecule has 0 N–H and O–H groups in total. The minimum absolute atomic E-state index is 0.0540. The van der Waals surface area contributed by atoms with Crippen molar-refractivity contribution in [2.75, 3.05) is 18.0 Å². The molecule has 0 aromatic heterocycles. The van der Waals surface area contributed by atoms with Crippen LogP contribution in [0.2, 0.25) is 0 Å². The van der Waals surface area contributed by atoms with Crippen LogP contribution >= 0.6 is 0 Å². The third-order valence-electron chi connectivity index (χ3n) is 5.23. The molecule has 1 aliphatic rings. The number of sulfonamides is 1. The van der Waals surface area contributed by atoms with Crippen molar-refractivity contribution in [2.24, 2.45) is 0 Å². The second-order valence-electron chi connectivity index (χ2n) is 7.06. The van der Waals surface area contributed by atoms with Gasteiger partial charge in [0.05, 0.1) is 23.6 Å². The van der Waals surface area contributed by atoms with Gasteiger partial charge in [-0.3, -0.25) is 9.10 Å². The molecule has 0 saturated heterocycles. The maximum atomic E-state index is 13.4. The molecule has 1 atom stereocenters. The normalized spacial score (nSPS) is 16.4. The van der Waals surface area contributed by atoms with Gasteiger partial charge in [-0.25, -0.2) is 8.42 Å². The molecule has 0 spiro atoms. The van der Waals surface area contributed by atoms with Crippen LogP contribution in [0.4, 0.5) is 5.69 Å². The fourth-order valence-electron chi connectivity index (χ4n) is 3.59. The van der Waals surface area contributed by atoms with E-state index in [9.17, 15) is 13.2 Å². The number of rotatable bonds is 4. The summed E-state index contributed by atoms with van der Waals surface area (Å²) in [6.07, 6.45) is 0. The zero-order valence-corrected chi connectivity index (χ0v) is 17.0. The summed E-state index contributed by atoms with van der Waals surface area (Å²) in [4.78, 5) is 13.4. The van der Waals surface area contributed by atoms with Crippen LogP contribution in [0.1, 0.15) is 27.4 Å². The lowest BCUT2D eigenvalue weighted by Crippen LogP contribution is -2.41. The van der Waals surface area contributed by atoms with Crippen LogP contribution < -0.4 is 9.04 Å². The highest BCUT2D eigenvalue weighted by atomic mass is 32.2. The average molecular weight is 407 g/mol. The number of hydrogen-bond donors (Lipinski definition) is 0. The molecule has 0 aliphatic carbocycles. The number of fused-ring (bicyclic) bond motifs is 1. The lowest BCUT2D eigenvalue weighted by atomic mass is 9.87. The summed E-state index contributed by atoms with van der Waals surface area (Å²) in [7, 11) is -2.24. The van der Waals surface area contributed by atoms with Gasteiger partial charge in [0.1, 0.15) is 5.75 Å². The SMILES string of the molecule is COc1ccc(C2CN(S(=O)(=O)c3ccc(C)cc3)c3ccccc3C2=O)cc1. The van der Waals surface area contributed by atoms with Gasteiger partial charge in [0, 0.05) is 12.1 Å². The Labute approximate surface area is 170 Å². The molecule has 0 bridgehead atoms. The van der Waals surface area contributed by atoms with Crippen molar-refractivity contribution in [1.29, 1.82) is 0 Å². The Bertz CT molecular complexity index is 1150. The van der Waals surface area contributed by atoms with E-state index in [0.29, 0.717) is 17.0 Å². The van der Waals surface area contributed by atoms with Crippen LogP contribution in [-0.2, 0) is 10.0 Å². The summed E-state index contributed by atoms with van der Waals surface area (Å²) in [5.41, 5.74) is 2.57. The summed E-state index contributed by atoms with van der Waals surface area (Å²) in [5, 5.41) is 0. The maximum Gasteiger partial charge on any atom is 0.264 e. The van der Waals surface area contributed by atoms with Crippen LogP contribution in [0.5, 0.6) is 5.75 Å². The molecule has 1 heterocycles. The minimum Gasteiger partial charge on any atom is -0.497 e. The van der Waals surface area contributed by atoms with Crippen LogP contribution in [0, 0.1) is 6.92 Å². The zero-order chi connectivity index (χ0) is 20.6. The summed E-state index contributed by atoms with van der Waals surface area (Å²) in [6, 6.07) is 20.8. The van der Waals surface area contributed by atoms with Gasteiger partial charge in [0.15, 0.2) is 5.78 Å². The molecule has 6 heteroatoms. The Morgan fingerprint density at radius 2 is 1.59 bits per heavy atom. The third kappa shape index (κ3) is 3.40. The topological polar surface area (TPSA) is 63.7 Å². The molecular formula is C23H21NO4S. The highest BCUT2D eigenvalue weighted by molar-refractivity contribution is 7.92. The van der Waals surface area contributed by atoms with Crippen molar-refractivity contribution in [1.82, 2.24) is 0 Å². The van der Waals surface area contributed by atoms with E-state index < -0.39 is 15.9 Å². The largest absolute Gasteiger partial charge is 0.497 e. The predicted molar refractivity (Wildman–Crippen MR) is 112 cm³/mol. The Balaban J connectivity index is 1.81. The van der Waals surface area contributed by atoms with Crippen molar-refractivity contribution in [3.8, 4) is 5.75 Å². The van der Waals surface area contributed by atoms with Crippen molar-refractivity contribution in [2.45, 2.75) is 17.7 Å². The molecule has 1 aliphatic heterocycles. The lowest BCUT2D eigenvalue weighted by molar-refractivity contribution is 0.0958. The summed E-state index contributed by atoms with van der Waals surface area (Å²) < 4.78 is 33.4. The second-order valence-corrected chi connectivity index (χ2v) is 8.92. The molecule has 4 rings (SSSR count). The van der Waals surface area contributed by atoms with Gasteiger partial charge in [-0.15, -0.1) is 0 Å². The monoisotopic (exact) mass is 407 g/mol. The van der Waals surface area contributed by atoms with Crippen molar-refractivity contribution in [3.05, 3.63) is 89.5 Å². The number of Topliss-reactive ketones (excluding diaryl/α,β-unsaturated/α-hetero) is 1. The zero-order valence-electron chi connectivity index (χ0n) is 16.2. The van der Waals surface area contributed by atoms with Gasteiger partial charge in [-0.2, -0.15) is 0 Å². The number of benzene rings is 3. The van der Waals surface area contributed by atoms with E-state index in [0.717, 1.165) is 11.1 Å². The Morgan fingerprint density at radius 1 is 0.931 bits per heavy atom. The molecule has 1 unspecified atom stereocenters. The van der Waals surface area contributed by atoms with Gasteiger partial charge in [-0.05, 0) is 48.9 Å². The second kappa shape index (κ2) is 7.37. The van der Waals surface area contributed by atoms with Crippen LogP contribution in [0.3, 0.4) is 0 Å². The number of ketones is 1. The molecule has 3 aromatic rings. The summed E-state index contributed by atoms with van der Waals surface area (Å²) in [5.74, 6) is 0.0127. The molecule has 0 fully saturated rings. The summed E-state index contributed by atoms with van der Waals surface area (Å²) >= 11 is 0. The Kier molecular flexibility index (Phi) is 4.88. The average Bonchev–Trinajstić information content (AvgIpc) is 2.74. The number of nitrogens with zero attached hydrogens (tertiary/aromatic N) is 1. The first-order valence-corrected chi connectivity index (χ1v) is 10.7. The van der Waals surface area contributed by atoms with Crippen LogP contribution in [-0.4, -0.2) is 27.9 Å². The highest BCUT2D eigenvalue weighted by Crippen LogP contribution is 2.38. The number of carbonyl (C=O) groups is 1. The van der Waals surface area contributed by atoms with Gasteiger partial charge < -0.3 is 4.74 Å². The van der Waals surface area contributed by atoms with E-state index in [1.807, 2.05) is 19.1 Å². The molecule has 29 heavy (non-hydrogen) atoms. The number of anilines is 1. The van der Waals surface area contributed by atoms with Gasteiger partial charge in [-0.1, -0.05) is 42.0 Å². The minimum atomic E-state index is -3.81.